The Morgan fingerprint density at radius 1 is 1.17 bits per heavy atom. The van der Waals surface area contributed by atoms with Crippen LogP contribution in [0, 0.1) is 13.8 Å². The van der Waals surface area contributed by atoms with Crippen LogP contribution in [-0.2, 0) is 12.2 Å². The molecule has 0 atom stereocenters. The third-order valence-electron chi connectivity index (χ3n) is 4.45. The lowest BCUT2D eigenvalue weighted by Gasteiger charge is -2.09. The van der Waals surface area contributed by atoms with E-state index in [-0.39, 0.29) is 5.91 Å². The highest BCUT2D eigenvalue weighted by molar-refractivity contribution is 7.98. The number of carbonyl (C=O) groups excluding carboxylic acids is 1. The zero-order chi connectivity index (χ0) is 20.2. The Hall–Kier alpha value is -2.71. The molecule has 0 aliphatic rings. The van der Waals surface area contributed by atoms with Crippen LogP contribution in [-0.4, -0.2) is 32.0 Å². The van der Waals surface area contributed by atoms with Gasteiger partial charge in [-0.2, -0.15) is 4.98 Å². The molecule has 3 aromatic heterocycles. The van der Waals surface area contributed by atoms with Gasteiger partial charge in [0.15, 0.2) is 0 Å². The fourth-order valence-electron chi connectivity index (χ4n) is 3.07. The number of thiophene rings is 1. The Labute approximate surface area is 177 Å². The summed E-state index contributed by atoms with van der Waals surface area (Å²) >= 11 is 3.21. The molecule has 0 spiro atoms. The van der Waals surface area contributed by atoms with E-state index in [9.17, 15) is 4.79 Å². The van der Waals surface area contributed by atoms with Crippen molar-refractivity contribution in [3.05, 3.63) is 75.2 Å². The Morgan fingerprint density at radius 3 is 2.86 bits per heavy atom. The second-order valence-electron chi connectivity index (χ2n) is 6.68. The normalized spacial score (nSPS) is 11.1. The molecule has 0 bridgehead atoms. The van der Waals surface area contributed by atoms with Crippen LogP contribution in [0.3, 0.4) is 0 Å². The van der Waals surface area contributed by atoms with Gasteiger partial charge in [0.25, 0.3) is 11.7 Å². The Balaban J connectivity index is 1.43. The van der Waals surface area contributed by atoms with Gasteiger partial charge in [0.05, 0.1) is 0 Å². The smallest absolute Gasteiger partial charge is 0.253 e. The molecule has 0 saturated carbocycles. The van der Waals surface area contributed by atoms with Crippen molar-refractivity contribution in [2.24, 2.45) is 0 Å². The predicted octanol–water partition coefficient (Wildman–Crippen LogP) is 4.07. The highest BCUT2D eigenvalue weighted by atomic mass is 32.2. The lowest BCUT2D eigenvalue weighted by molar-refractivity contribution is 0.0953. The highest BCUT2D eigenvalue weighted by Gasteiger charge is 2.13. The third kappa shape index (κ3) is 4.65. The molecule has 8 heteroatoms. The van der Waals surface area contributed by atoms with E-state index in [0.29, 0.717) is 28.8 Å². The quantitative estimate of drug-likeness (QED) is 0.454. The maximum atomic E-state index is 12.7. The van der Waals surface area contributed by atoms with Gasteiger partial charge in [-0.1, -0.05) is 36.0 Å². The topological polar surface area (TPSA) is 72.2 Å². The average molecular weight is 424 g/mol. The summed E-state index contributed by atoms with van der Waals surface area (Å²) in [5.41, 5.74) is 3.58. The second-order valence-corrected chi connectivity index (χ2v) is 8.65. The summed E-state index contributed by atoms with van der Waals surface area (Å²) in [5.74, 6) is 1.17. The van der Waals surface area contributed by atoms with Gasteiger partial charge in [0.2, 0.25) is 5.16 Å². The van der Waals surface area contributed by atoms with Crippen molar-refractivity contribution < 1.29 is 4.79 Å². The minimum Gasteiger partial charge on any atom is -0.352 e. The molecule has 0 unspecified atom stereocenters. The van der Waals surface area contributed by atoms with E-state index in [1.165, 1.54) is 16.6 Å². The number of aryl methyl sites for hydroxylation is 2. The molecule has 0 saturated heterocycles. The fourth-order valence-corrected chi connectivity index (χ4v) is 4.60. The summed E-state index contributed by atoms with van der Waals surface area (Å²) in [7, 11) is 0. The maximum Gasteiger partial charge on any atom is 0.253 e. The first-order chi connectivity index (χ1) is 14.1. The average Bonchev–Trinajstić information content (AvgIpc) is 3.36. The van der Waals surface area contributed by atoms with Crippen molar-refractivity contribution >= 4 is 34.8 Å². The van der Waals surface area contributed by atoms with Crippen molar-refractivity contribution in [3.8, 4) is 0 Å². The molecule has 3 heterocycles. The van der Waals surface area contributed by atoms with Crippen LogP contribution >= 0.6 is 23.1 Å². The Kier molecular flexibility index (Phi) is 5.92. The van der Waals surface area contributed by atoms with Crippen LogP contribution in [0.2, 0.25) is 0 Å². The molecule has 0 aliphatic carbocycles. The van der Waals surface area contributed by atoms with E-state index in [4.69, 9.17) is 0 Å². The molecule has 0 radical (unpaired) electrons. The number of thioether (sulfide) groups is 1. The highest BCUT2D eigenvalue weighted by Crippen LogP contribution is 2.23. The Bertz CT molecular complexity index is 1140. The number of hydrogen-bond donors (Lipinski definition) is 1. The van der Waals surface area contributed by atoms with Gasteiger partial charge in [0, 0.05) is 34.1 Å². The summed E-state index contributed by atoms with van der Waals surface area (Å²) in [5, 5.41) is 10.3. The van der Waals surface area contributed by atoms with Crippen molar-refractivity contribution in [2.45, 2.75) is 31.2 Å². The van der Waals surface area contributed by atoms with Crippen LogP contribution in [0.1, 0.15) is 32.2 Å². The first kappa shape index (κ1) is 19.6. The van der Waals surface area contributed by atoms with Gasteiger partial charge >= 0.3 is 0 Å². The van der Waals surface area contributed by atoms with Gasteiger partial charge in [-0.3, -0.25) is 4.79 Å². The van der Waals surface area contributed by atoms with Crippen molar-refractivity contribution in [1.82, 2.24) is 24.9 Å². The molecule has 4 aromatic rings. The van der Waals surface area contributed by atoms with E-state index in [1.807, 2.05) is 50.2 Å². The van der Waals surface area contributed by atoms with E-state index in [2.05, 4.69) is 31.8 Å². The largest absolute Gasteiger partial charge is 0.352 e. The van der Waals surface area contributed by atoms with Crippen LogP contribution in [0.4, 0.5) is 0 Å². The van der Waals surface area contributed by atoms with E-state index in [1.54, 1.807) is 15.9 Å². The zero-order valence-electron chi connectivity index (χ0n) is 16.3. The molecule has 148 valence electrons. The standard InChI is InChI=1S/C21H21N5OS2/c1-14-12-15(2)26-20(23-14)24-21(25-26)29-13-16-6-3-4-8-18(16)19(27)22-10-9-17-7-5-11-28-17/h3-8,11-12H,9-10,13H2,1-2H3,(H,22,27). The number of nitrogens with one attached hydrogen (secondary N) is 1. The maximum absolute atomic E-state index is 12.7. The fraction of sp³-hybridized carbons (Fsp3) is 0.238. The summed E-state index contributed by atoms with van der Waals surface area (Å²) in [6.07, 6.45) is 0.845. The first-order valence-corrected chi connectivity index (χ1v) is 11.2. The van der Waals surface area contributed by atoms with Gasteiger partial charge in [-0.25, -0.2) is 9.50 Å². The molecule has 1 aromatic carbocycles. The van der Waals surface area contributed by atoms with Gasteiger partial charge in [0.1, 0.15) is 0 Å². The number of aromatic nitrogens is 4. The number of hydrogen-bond acceptors (Lipinski definition) is 6. The van der Waals surface area contributed by atoms with Gasteiger partial charge < -0.3 is 5.32 Å². The van der Waals surface area contributed by atoms with E-state index in [0.717, 1.165) is 23.4 Å². The van der Waals surface area contributed by atoms with Crippen LogP contribution in [0.25, 0.3) is 5.78 Å². The number of carbonyl (C=O) groups is 1. The van der Waals surface area contributed by atoms with Crippen LogP contribution in [0.5, 0.6) is 0 Å². The number of benzene rings is 1. The van der Waals surface area contributed by atoms with Crippen molar-refractivity contribution in [3.63, 3.8) is 0 Å². The molecule has 1 amide bonds. The molecule has 1 N–H and O–H groups in total. The number of fused-ring (bicyclic) bond motifs is 1. The molecular weight excluding hydrogens is 402 g/mol. The summed E-state index contributed by atoms with van der Waals surface area (Å²) in [4.78, 5) is 22.9. The lowest BCUT2D eigenvalue weighted by atomic mass is 10.1. The van der Waals surface area contributed by atoms with Gasteiger partial charge in [-0.15, -0.1) is 16.4 Å². The number of rotatable bonds is 7. The molecule has 6 nitrogen and oxygen atoms in total. The first-order valence-electron chi connectivity index (χ1n) is 9.32. The SMILES string of the molecule is Cc1cc(C)n2nc(SCc3ccccc3C(=O)NCCc3cccs3)nc2n1. The molecule has 0 aliphatic heterocycles. The molecular formula is C21H21N5OS2. The van der Waals surface area contributed by atoms with E-state index < -0.39 is 0 Å². The lowest BCUT2D eigenvalue weighted by Crippen LogP contribution is -2.26. The van der Waals surface area contributed by atoms with Crippen molar-refractivity contribution in [1.29, 1.82) is 0 Å². The van der Waals surface area contributed by atoms with Gasteiger partial charge in [-0.05, 0) is 49.4 Å². The molecule has 4 rings (SSSR count). The van der Waals surface area contributed by atoms with Crippen LogP contribution < -0.4 is 5.32 Å². The predicted molar refractivity (Wildman–Crippen MR) is 117 cm³/mol. The van der Waals surface area contributed by atoms with Crippen molar-refractivity contribution in [2.75, 3.05) is 6.54 Å². The minimum atomic E-state index is -0.0474. The zero-order valence-corrected chi connectivity index (χ0v) is 17.9. The molecule has 29 heavy (non-hydrogen) atoms. The summed E-state index contributed by atoms with van der Waals surface area (Å²) < 4.78 is 1.75. The van der Waals surface area contributed by atoms with E-state index >= 15 is 0 Å². The number of nitrogens with zero attached hydrogens (tertiary/aromatic N) is 4. The monoisotopic (exact) mass is 423 g/mol. The Morgan fingerprint density at radius 2 is 2.03 bits per heavy atom. The minimum absolute atomic E-state index is 0.0474. The number of amides is 1. The molecule has 0 fully saturated rings. The summed E-state index contributed by atoms with van der Waals surface area (Å²) in [6.45, 7) is 4.56. The second kappa shape index (κ2) is 8.75. The third-order valence-corrected chi connectivity index (χ3v) is 6.28. The summed E-state index contributed by atoms with van der Waals surface area (Å²) in [6, 6.07) is 13.8. The van der Waals surface area contributed by atoms with Crippen LogP contribution in [0.15, 0.2) is 53.0 Å².